The molecule has 2 heterocycles. The summed E-state index contributed by atoms with van der Waals surface area (Å²) in [5, 5.41) is 0. The fourth-order valence-electron chi connectivity index (χ4n) is 5.69. The first-order chi connectivity index (χ1) is 17.7. The molecule has 1 aromatic carbocycles. The smallest absolute Gasteiger partial charge is 0.240 e. The molecule has 0 spiro atoms. The molecule has 3 rings (SSSR count). The van der Waals surface area contributed by atoms with Crippen molar-refractivity contribution < 1.29 is 17.9 Å². The Bertz CT molecular complexity index is 937. The standard InChI is InChI=1S/C28H48N4O4S/c1-4-5-6-7-8-24(2)23-25-9-11-26(12-10-25)31-17-19-32(20-18-31)37(34,35)28(27(29)33)13-15-30(16-14-28)21-22-36-3/h9-12,24H,4-8,13-23H2,1-3H3,(H2,29,33). The number of hydrogen-bond donors (Lipinski definition) is 1. The highest BCUT2D eigenvalue weighted by atomic mass is 32.2. The second-order valence-corrected chi connectivity index (χ2v) is 13.2. The SMILES string of the molecule is CCCCCCC(C)Cc1ccc(N2CCN(S(=O)(=O)C3(C(N)=O)CCN(CCOC)CC3)CC2)cc1. The summed E-state index contributed by atoms with van der Waals surface area (Å²) in [4.78, 5) is 16.9. The minimum absolute atomic E-state index is 0.229. The summed E-state index contributed by atoms with van der Waals surface area (Å²) in [5.41, 5.74) is 8.22. The van der Waals surface area contributed by atoms with Gasteiger partial charge < -0.3 is 20.3 Å². The second-order valence-electron chi connectivity index (χ2n) is 10.9. The summed E-state index contributed by atoms with van der Waals surface area (Å²) in [6, 6.07) is 8.73. The molecule has 0 aromatic heterocycles. The van der Waals surface area contributed by atoms with Gasteiger partial charge in [-0.3, -0.25) is 4.79 Å². The van der Waals surface area contributed by atoms with Crippen LogP contribution >= 0.6 is 0 Å². The molecule has 0 aliphatic carbocycles. The van der Waals surface area contributed by atoms with Gasteiger partial charge >= 0.3 is 0 Å². The Hall–Kier alpha value is -1.68. The van der Waals surface area contributed by atoms with Gasteiger partial charge in [0.15, 0.2) is 4.75 Å². The van der Waals surface area contributed by atoms with Gasteiger partial charge in [-0.05, 0) is 42.9 Å². The number of nitrogens with zero attached hydrogens (tertiary/aromatic N) is 3. The summed E-state index contributed by atoms with van der Waals surface area (Å²) in [7, 11) is -2.21. The molecule has 2 N–H and O–H groups in total. The molecule has 37 heavy (non-hydrogen) atoms. The van der Waals surface area contributed by atoms with Crippen molar-refractivity contribution in [3.8, 4) is 0 Å². The number of methoxy groups -OCH3 is 1. The monoisotopic (exact) mass is 536 g/mol. The van der Waals surface area contributed by atoms with Gasteiger partial charge in [-0.15, -0.1) is 0 Å². The third-order valence-electron chi connectivity index (χ3n) is 8.23. The van der Waals surface area contributed by atoms with Gasteiger partial charge in [0.1, 0.15) is 0 Å². The van der Waals surface area contributed by atoms with Crippen molar-refractivity contribution >= 4 is 21.6 Å². The van der Waals surface area contributed by atoms with Crippen LogP contribution in [0.5, 0.6) is 0 Å². The lowest BCUT2D eigenvalue weighted by Gasteiger charge is -2.43. The fraction of sp³-hybridized carbons (Fsp3) is 0.750. The third-order valence-corrected chi connectivity index (χ3v) is 10.9. The second kappa shape index (κ2) is 13.9. The average molecular weight is 537 g/mol. The molecule has 0 bridgehead atoms. The van der Waals surface area contributed by atoms with Crippen LogP contribution in [-0.4, -0.2) is 87.8 Å². The van der Waals surface area contributed by atoms with E-state index in [1.807, 2.05) is 0 Å². The summed E-state index contributed by atoms with van der Waals surface area (Å²) < 4.78 is 32.5. The Kier molecular flexibility index (Phi) is 11.2. The maximum Gasteiger partial charge on any atom is 0.240 e. The Morgan fingerprint density at radius 2 is 1.68 bits per heavy atom. The Morgan fingerprint density at radius 1 is 1.03 bits per heavy atom. The molecule has 2 aliphatic rings. The van der Waals surface area contributed by atoms with E-state index in [1.165, 1.54) is 42.0 Å². The van der Waals surface area contributed by atoms with Crippen LogP contribution in [0.2, 0.25) is 0 Å². The number of piperazine rings is 1. The van der Waals surface area contributed by atoms with Crippen LogP contribution in [0.25, 0.3) is 0 Å². The predicted molar refractivity (Wildman–Crippen MR) is 150 cm³/mol. The zero-order valence-corrected chi connectivity index (χ0v) is 24.0. The summed E-state index contributed by atoms with van der Waals surface area (Å²) >= 11 is 0. The highest BCUT2D eigenvalue weighted by Gasteiger charge is 2.53. The van der Waals surface area contributed by atoms with E-state index in [1.54, 1.807) is 7.11 Å². The van der Waals surface area contributed by atoms with Crippen LogP contribution in [0, 0.1) is 5.92 Å². The van der Waals surface area contributed by atoms with Crippen molar-refractivity contribution in [3.63, 3.8) is 0 Å². The van der Waals surface area contributed by atoms with Gasteiger partial charge in [-0.1, -0.05) is 58.1 Å². The van der Waals surface area contributed by atoms with Gasteiger partial charge in [0.25, 0.3) is 0 Å². The first kappa shape index (κ1) is 29.9. The maximum atomic E-state index is 13.7. The normalized spacial score (nSPS) is 20.1. The molecule has 2 fully saturated rings. The van der Waals surface area contributed by atoms with Crippen LogP contribution < -0.4 is 10.6 Å². The quantitative estimate of drug-likeness (QED) is 0.367. The van der Waals surface area contributed by atoms with E-state index in [4.69, 9.17) is 10.5 Å². The number of piperidine rings is 1. The molecule has 2 aliphatic heterocycles. The molecule has 8 nitrogen and oxygen atoms in total. The van der Waals surface area contributed by atoms with Gasteiger partial charge in [0.05, 0.1) is 6.61 Å². The van der Waals surface area contributed by atoms with E-state index in [2.05, 4.69) is 47.9 Å². The lowest BCUT2D eigenvalue weighted by molar-refractivity contribution is -0.121. The Labute approximate surface area is 224 Å². The molecular weight excluding hydrogens is 488 g/mol. The number of nitrogens with two attached hydrogens (primary N) is 1. The zero-order chi connectivity index (χ0) is 26.9. The van der Waals surface area contributed by atoms with Crippen molar-refractivity contribution in [1.29, 1.82) is 0 Å². The molecule has 0 saturated carbocycles. The largest absolute Gasteiger partial charge is 0.383 e. The Balaban J connectivity index is 1.54. The minimum atomic E-state index is -3.85. The van der Waals surface area contributed by atoms with E-state index < -0.39 is 20.7 Å². The van der Waals surface area contributed by atoms with E-state index in [0.717, 1.165) is 18.7 Å². The number of unbranched alkanes of at least 4 members (excludes halogenated alkanes) is 3. The number of anilines is 1. The van der Waals surface area contributed by atoms with Crippen molar-refractivity contribution in [1.82, 2.24) is 9.21 Å². The summed E-state index contributed by atoms with van der Waals surface area (Å²) in [5.74, 6) is -0.0441. The third kappa shape index (κ3) is 7.46. The Morgan fingerprint density at radius 3 is 2.24 bits per heavy atom. The molecule has 1 unspecified atom stereocenters. The highest BCUT2D eigenvalue weighted by Crippen LogP contribution is 2.34. The summed E-state index contributed by atoms with van der Waals surface area (Å²) in [6.07, 6.45) is 8.06. The van der Waals surface area contributed by atoms with Crippen LogP contribution in [-0.2, 0) is 26.0 Å². The number of hydrogen-bond acceptors (Lipinski definition) is 6. The predicted octanol–water partition coefficient (Wildman–Crippen LogP) is 3.25. The highest BCUT2D eigenvalue weighted by molar-refractivity contribution is 7.91. The van der Waals surface area contributed by atoms with Crippen molar-refractivity contribution in [3.05, 3.63) is 29.8 Å². The van der Waals surface area contributed by atoms with Gasteiger partial charge in [0, 0.05) is 58.6 Å². The van der Waals surface area contributed by atoms with E-state index in [9.17, 15) is 13.2 Å². The molecule has 210 valence electrons. The number of benzene rings is 1. The van der Waals surface area contributed by atoms with Crippen molar-refractivity contribution in [2.45, 2.75) is 70.0 Å². The number of sulfonamides is 1. The molecule has 1 amide bonds. The number of amides is 1. The number of carbonyl (C=O) groups is 1. The molecule has 1 aromatic rings. The maximum absolute atomic E-state index is 13.7. The number of rotatable bonds is 14. The van der Waals surface area contributed by atoms with E-state index in [-0.39, 0.29) is 12.8 Å². The average Bonchev–Trinajstić information content (AvgIpc) is 2.90. The van der Waals surface area contributed by atoms with E-state index >= 15 is 0 Å². The number of primary amides is 1. The van der Waals surface area contributed by atoms with Crippen LogP contribution in [0.3, 0.4) is 0 Å². The number of likely N-dealkylation sites (tertiary alicyclic amines) is 1. The van der Waals surface area contributed by atoms with Crippen molar-refractivity contribution in [2.24, 2.45) is 11.7 Å². The van der Waals surface area contributed by atoms with Crippen LogP contribution in [0.15, 0.2) is 24.3 Å². The number of carbonyl (C=O) groups excluding carboxylic acids is 1. The van der Waals surface area contributed by atoms with Crippen LogP contribution in [0.4, 0.5) is 5.69 Å². The van der Waals surface area contributed by atoms with Gasteiger partial charge in [-0.25, -0.2) is 8.42 Å². The van der Waals surface area contributed by atoms with Gasteiger partial charge in [-0.2, -0.15) is 4.31 Å². The lowest BCUT2D eigenvalue weighted by Crippen LogP contribution is -2.63. The van der Waals surface area contributed by atoms with Gasteiger partial charge in [0.2, 0.25) is 15.9 Å². The summed E-state index contributed by atoms with van der Waals surface area (Å²) in [6.45, 7) is 8.85. The molecular formula is C28H48N4O4S. The van der Waals surface area contributed by atoms with E-state index in [0.29, 0.717) is 51.8 Å². The molecule has 2 saturated heterocycles. The number of ether oxygens (including phenoxy) is 1. The van der Waals surface area contributed by atoms with Crippen molar-refractivity contribution in [2.75, 3.05) is 64.4 Å². The lowest BCUT2D eigenvalue weighted by atomic mass is 9.95. The van der Waals surface area contributed by atoms with Crippen LogP contribution in [0.1, 0.15) is 64.4 Å². The zero-order valence-electron chi connectivity index (χ0n) is 23.2. The first-order valence-electron chi connectivity index (χ1n) is 14.1. The first-order valence-corrected chi connectivity index (χ1v) is 15.5. The molecule has 0 radical (unpaired) electrons. The molecule has 9 heteroatoms. The topological polar surface area (TPSA) is 96.2 Å². The molecule has 1 atom stereocenters. The fourth-order valence-corrected chi connectivity index (χ4v) is 7.78. The minimum Gasteiger partial charge on any atom is -0.383 e.